The minimum absolute atomic E-state index is 0.182. The normalized spacial score (nSPS) is 24.9. The molecule has 0 bridgehead atoms. The molecule has 0 aromatic heterocycles. The molecule has 144 valence electrons. The van der Waals surface area contributed by atoms with Crippen LogP contribution in [0.5, 0.6) is 0 Å². The first kappa shape index (κ1) is 19.2. The Balaban J connectivity index is 1.55. The smallest absolute Gasteiger partial charge is 0.256 e. The molecule has 26 heavy (non-hydrogen) atoms. The molecule has 2 N–H and O–H groups in total. The van der Waals surface area contributed by atoms with E-state index in [0.29, 0.717) is 30.9 Å². The molecule has 1 saturated heterocycles. The highest BCUT2D eigenvalue weighted by molar-refractivity contribution is 5.86. The predicted molar refractivity (Wildman–Crippen MR) is 95.4 cm³/mol. The molecule has 6 heteroatoms. The number of aliphatic hydroxyl groups is 1. The number of carbonyl (C=O) groups excluding carboxylic acids is 1. The van der Waals surface area contributed by atoms with Gasteiger partial charge in [-0.2, -0.15) is 0 Å². The van der Waals surface area contributed by atoms with E-state index in [-0.39, 0.29) is 19.0 Å². The van der Waals surface area contributed by atoms with Gasteiger partial charge in [-0.3, -0.25) is 4.79 Å². The summed E-state index contributed by atoms with van der Waals surface area (Å²) in [6, 6.07) is 3.65. The van der Waals surface area contributed by atoms with Crippen LogP contribution in [0.2, 0.25) is 0 Å². The number of amides is 1. The second-order valence-corrected chi connectivity index (χ2v) is 7.75. The van der Waals surface area contributed by atoms with Crippen LogP contribution >= 0.6 is 0 Å². The maximum absolute atomic E-state index is 13.4. The molecule has 1 aliphatic heterocycles. The molecule has 1 heterocycles. The average molecular weight is 366 g/mol. The Labute approximate surface area is 153 Å². The Bertz CT molecular complexity index is 634. The van der Waals surface area contributed by atoms with Gasteiger partial charge in [-0.15, -0.1) is 0 Å². The van der Waals surface area contributed by atoms with Crippen LogP contribution in [0.15, 0.2) is 18.2 Å². The van der Waals surface area contributed by atoms with E-state index in [1.165, 1.54) is 38.2 Å². The summed E-state index contributed by atoms with van der Waals surface area (Å²) >= 11 is 0. The molecule has 0 radical (unpaired) electrons. The molecule has 1 aliphatic carbocycles. The van der Waals surface area contributed by atoms with Crippen LogP contribution in [0, 0.1) is 17.6 Å². The van der Waals surface area contributed by atoms with Crippen molar-refractivity contribution in [2.24, 2.45) is 5.92 Å². The largest absolute Gasteiger partial charge is 0.379 e. The number of rotatable bonds is 6. The number of carbonyl (C=O) groups is 1. The molecule has 1 aromatic rings. The number of nitrogens with one attached hydrogen (secondary N) is 1. The first-order chi connectivity index (χ1) is 12.5. The maximum atomic E-state index is 13.4. The maximum Gasteiger partial charge on any atom is 0.256 e. The summed E-state index contributed by atoms with van der Waals surface area (Å²) in [6.07, 6.45) is 7.37. The minimum Gasteiger partial charge on any atom is -0.379 e. The Morgan fingerprint density at radius 2 is 1.92 bits per heavy atom. The van der Waals surface area contributed by atoms with E-state index < -0.39 is 17.2 Å². The summed E-state index contributed by atoms with van der Waals surface area (Å²) in [5, 5.41) is 14.1. The van der Waals surface area contributed by atoms with E-state index in [2.05, 4.69) is 5.32 Å². The van der Waals surface area contributed by atoms with Gasteiger partial charge in [-0.25, -0.2) is 8.78 Å². The highest BCUT2D eigenvalue weighted by Crippen LogP contribution is 2.26. The van der Waals surface area contributed by atoms with Crippen LogP contribution in [-0.4, -0.2) is 41.1 Å². The summed E-state index contributed by atoms with van der Waals surface area (Å²) in [7, 11) is 0. The highest BCUT2D eigenvalue weighted by atomic mass is 19.2. The number of nitrogens with zero attached hydrogens (tertiary/aromatic N) is 1. The molecule has 2 aliphatic rings. The molecular formula is C20H28F2N2O2. The molecular weight excluding hydrogens is 338 g/mol. The van der Waals surface area contributed by atoms with Gasteiger partial charge in [0.25, 0.3) is 5.91 Å². The van der Waals surface area contributed by atoms with Gasteiger partial charge in [-0.05, 0) is 55.8 Å². The van der Waals surface area contributed by atoms with E-state index in [0.717, 1.165) is 18.7 Å². The van der Waals surface area contributed by atoms with Gasteiger partial charge in [0.2, 0.25) is 0 Å². The number of piperidine rings is 1. The Hall–Kier alpha value is -1.53. The number of hydrogen-bond donors (Lipinski definition) is 2. The first-order valence-corrected chi connectivity index (χ1v) is 9.64. The van der Waals surface area contributed by atoms with Crippen LogP contribution in [0.1, 0.15) is 50.5 Å². The van der Waals surface area contributed by atoms with Gasteiger partial charge in [0.15, 0.2) is 17.2 Å². The predicted octanol–water partition coefficient (Wildman–Crippen LogP) is 2.99. The van der Waals surface area contributed by atoms with E-state index in [1.54, 1.807) is 4.90 Å². The second-order valence-electron chi connectivity index (χ2n) is 7.75. The van der Waals surface area contributed by atoms with Crippen LogP contribution < -0.4 is 5.32 Å². The average Bonchev–Trinajstić information content (AvgIpc) is 2.63. The third-order valence-electron chi connectivity index (χ3n) is 5.64. The first-order valence-electron chi connectivity index (χ1n) is 9.64. The van der Waals surface area contributed by atoms with Crippen LogP contribution in [0.4, 0.5) is 8.78 Å². The van der Waals surface area contributed by atoms with E-state index in [4.69, 9.17) is 0 Å². The van der Waals surface area contributed by atoms with Crippen molar-refractivity contribution in [1.29, 1.82) is 0 Å². The van der Waals surface area contributed by atoms with Gasteiger partial charge < -0.3 is 15.3 Å². The van der Waals surface area contributed by atoms with Crippen molar-refractivity contribution in [3.63, 3.8) is 0 Å². The molecule has 2 fully saturated rings. The lowest BCUT2D eigenvalue weighted by Crippen LogP contribution is -2.58. The molecule has 0 spiro atoms. The van der Waals surface area contributed by atoms with E-state index in [1.807, 2.05) is 0 Å². The van der Waals surface area contributed by atoms with Gasteiger partial charge in [-0.1, -0.05) is 25.3 Å². The standard InChI is InChI=1S/C20H28F2N2O2/c21-17-8-7-16(11-18(17)22)13-24-10-4-9-20(26,19(24)25)14-23-12-15-5-2-1-3-6-15/h7-8,11,15,23,26H,1-6,9-10,12-14H2. The third kappa shape index (κ3) is 4.60. The second kappa shape index (κ2) is 8.44. The lowest BCUT2D eigenvalue weighted by atomic mass is 9.88. The van der Waals surface area contributed by atoms with Gasteiger partial charge in [0.1, 0.15) is 0 Å². The van der Waals surface area contributed by atoms with E-state index >= 15 is 0 Å². The zero-order chi connectivity index (χ0) is 18.6. The topological polar surface area (TPSA) is 52.6 Å². The number of hydrogen-bond acceptors (Lipinski definition) is 3. The van der Waals surface area contributed by atoms with Crippen LogP contribution in [0.3, 0.4) is 0 Å². The van der Waals surface area contributed by atoms with E-state index in [9.17, 15) is 18.7 Å². The highest BCUT2D eigenvalue weighted by Gasteiger charge is 2.41. The number of benzene rings is 1. The fourth-order valence-electron chi connectivity index (χ4n) is 4.11. The molecule has 1 atom stereocenters. The Kier molecular flexibility index (Phi) is 6.24. The van der Waals surface area contributed by atoms with Crippen molar-refractivity contribution in [3.8, 4) is 0 Å². The molecule has 1 saturated carbocycles. The Morgan fingerprint density at radius 3 is 2.65 bits per heavy atom. The zero-order valence-corrected chi connectivity index (χ0v) is 15.1. The summed E-state index contributed by atoms with van der Waals surface area (Å²) < 4.78 is 26.5. The molecule has 1 amide bonds. The lowest BCUT2D eigenvalue weighted by Gasteiger charge is -2.38. The van der Waals surface area contributed by atoms with Crippen molar-refractivity contribution in [3.05, 3.63) is 35.4 Å². The monoisotopic (exact) mass is 366 g/mol. The lowest BCUT2D eigenvalue weighted by molar-refractivity contribution is -0.157. The van der Waals surface area contributed by atoms with Gasteiger partial charge >= 0.3 is 0 Å². The fourth-order valence-corrected chi connectivity index (χ4v) is 4.11. The summed E-state index contributed by atoms with van der Waals surface area (Å²) in [4.78, 5) is 14.3. The molecule has 4 nitrogen and oxygen atoms in total. The van der Waals surface area contributed by atoms with Crippen molar-refractivity contribution < 1.29 is 18.7 Å². The molecule has 1 unspecified atom stereocenters. The number of likely N-dealkylation sites (tertiary alicyclic amines) is 1. The summed E-state index contributed by atoms with van der Waals surface area (Å²) in [5.74, 6) is -1.52. The third-order valence-corrected chi connectivity index (χ3v) is 5.64. The molecule has 1 aromatic carbocycles. The fraction of sp³-hybridized carbons (Fsp3) is 0.650. The quantitative estimate of drug-likeness (QED) is 0.814. The van der Waals surface area contributed by atoms with Crippen LogP contribution in [-0.2, 0) is 11.3 Å². The zero-order valence-electron chi connectivity index (χ0n) is 15.1. The minimum atomic E-state index is -1.41. The van der Waals surface area contributed by atoms with Crippen molar-refractivity contribution in [1.82, 2.24) is 10.2 Å². The summed E-state index contributed by atoms with van der Waals surface area (Å²) in [5.41, 5.74) is -0.887. The number of halogens is 2. The van der Waals surface area contributed by atoms with Crippen molar-refractivity contribution >= 4 is 5.91 Å². The van der Waals surface area contributed by atoms with Crippen LogP contribution in [0.25, 0.3) is 0 Å². The Morgan fingerprint density at radius 1 is 1.15 bits per heavy atom. The SMILES string of the molecule is O=C1N(Cc2ccc(F)c(F)c2)CCCC1(O)CNCC1CCCCC1. The van der Waals surface area contributed by atoms with Crippen molar-refractivity contribution in [2.75, 3.05) is 19.6 Å². The van der Waals surface area contributed by atoms with Gasteiger partial charge in [0.05, 0.1) is 0 Å². The van der Waals surface area contributed by atoms with Crippen molar-refractivity contribution in [2.45, 2.75) is 57.1 Å². The van der Waals surface area contributed by atoms with Gasteiger partial charge in [0, 0.05) is 19.6 Å². The summed E-state index contributed by atoms with van der Waals surface area (Å²) in [6.45, 7) is 1.78. The molecule has 3 rings (SSSR count).